The van der Waals surface area contributed by atoms with Crippen molar-refractivity contribution in [2.24, 2.45) is 0 Å². The van der Waals surface area contributed by atoms with Gasteiger partial charge >= 0.3 is 5.69 Å². The van der Waals surface area contributed by atoms with Gasteiger partial charge in [0.2, 0.25) is 5.39 Å². The fraction of sp³-hybridized carbons (Fsp3) is 0.200. The first kappa shape index (κ1) is 15.2. The summed E-state index contributed by atoms with van der Waals surface area (Å²) in [6.45, 7) is 0.0732. The number of rotatable bonds is 4. The number of nitrogens with zero attached hydrogens (tertiary/aromatic N) is 2. The van der Waals surface area contributed by atoms with Gasteiger partial charge in [0.15, 0.2) is 4.98 Å². The monoisotopic (exact) mass is 274 g/mol. The molecule has 1 atom stereocenters. The van der Waals surface area contributed by atoms with Crippen LogP contribution in [0.15, 0.2) is 54.6 Å². The summed E-state index contributed by atoms with van der Waals surface area (Å²) in [6.07, 6.45) is 0.770. The van der Waals surface area contributed by atoms with E-state index in [0.29, 0.717) is 5.69 Å². The summed E-state index contributed by atoms with van der Waals surface area (Å²) in [6, 6.07) is 17.3. The van der Waals surface area contributed by atoms with Gasteiger partial charge in [-0.25, -0.2) is 0 Å². The molecule has 0 aromatic heterocycles. The maximum absolute atomic E-state index is 9.51. The Morgan fingerprint density at radius 1 is 1.05 bits per heavy atom. The molecule has 0 spiro atoms. The van der Waals surface area contributed by atoms with E-state index in [9.17, 15) is 5.11 Å². The number of hydrogen-bond acceptors (Lipinski definition) is 2. The maximum Gasteiger partial charge on any atom is 0.385 e. The quantitative estimate of drug-likeness (QED) is 0.825. The average molecular weight is 275 g/mol. The molecule has 1 unspecified atom stereocenters. The van der Waals surface area contributed by atoms with Crippen LogP contribution in [0.25, 0.3) is 4.98 Å². The second-order valence-corrected chi connectivity index (χ2v) is 4.26. The molecule has 0 saturated carbocycles. The second kappa shape index (κ2) is 7.52. The highest BCUT2D eigenvalue weighted by molar-refractivity contribution is 5.47. The molecule has 0 amide bonds. The van der Waals surface area contributed by atoms with Gasteiger partial charge < -0.3 is 17.5 Å². The van der Waals surface area contributed by atoms with Crippen LogP contribution in [0.2, 0.25) is 0 Å². The van der Waals surface area contributed by atoms with E-state index in [1.807, 2.05) is 42.5 Å². The number of aliphatic hydroxyl groups excluding tert-OH is 1. The van der Waals surface area contributed by atoms with Crippen LogP contribution < -0.4 is 12.4 Å². The van der Waals surface area contributed by atoms with Gasteiger partial charge in [0.25, 0.3) is 0 Å². The van der Waals surface area contributed by atoms with Crippen LogP contribution in [0.1, 0.15) is 17.0 Å². The normalized spacial score (nSPS) is 11.2. The summed E-state index contributed by atoms with van der Waals surface area (Å²) in [5.74, 6) is 0.0223. The molecule has 0 aliphatic carbocycles. The lowest BCUT2D eigenvalue weighted by Gasteiger charge is -2.13. The van der Waals surface area contributed by atoms with Crippen molar-refractivity contribution in [3.8, 4) is 0 Å². The zero-order valence-corrected chi connectivity index (χ0v) is 11.2. The van der Waals surface area contributed by atoms with Crippen LogP contribution in [0.5, 0.6) is 0 Å². The summed E-state index contributed by atoms with van der Waals surface area (Å²) < 4.78 is 0. The molecule has 0 aliphatic heterocycles. The molecule has 0 fully saturated rings. The third kappa shape index (κ3) is 4.06. The minimum atomic E-state index is 0. The highest BCUT2D eigenvalue weighted by Gasteiger charge is 2.14. The second-order valence-electron chi connectivity index (χ2n) is 4.26. The average Bonchev–Trinajstić information content (AvgIpc) is 2.46. The molecule has 98 valence electrons. The van der Waals surface area contributed by atoms with Crippen LogP contribution >= 0.6 is 0 Å². The van der Waals surface area contributed by atoms with Gasteiger partial charge in [-0.15, -0.1) is 0 Å². The Balaban J connectivity index is 0.00000180. The predicted molar refractivity (Wildman–Crippen MR) is 71.2 cm³/mol. The third-order valence-electron chi connectivity index (χ3n) is 3.00. The van der Waals surface area contributed by atoms with E-state index in [2.05, 4.69) is 4.98 Å². The molecule has 3 nitrogen and oxygen atoms in total. The largest absolute Gasteiger partial charge is 1.00 e. The summed E-state index contributed by atoms with van der Waals surface area (Å²) in [4.78, 5) is 3.17. The Hall–Kier alpha value is -1.89. The SMILES string of the molecule is N#[N+]c1cccc(C(CO)Cc2ccccc2)c1.[Cl-]. The van der Waals surface area contributed by atoms with Gasteiger partial charge in [0.05, 0.1) is 6.61 Å². The number of benzene rings is 2. The summed E-state index contributed by atoms with van der Waals surface area (Å²) in [5.41, 5.74) is 2.68. The van der Waals surface area contributed by atoms with Crippen molar-refractivity contribution in [2.75, 3.05) is 6.61 Å². The molecule has 4 heteroatoms. The standard InChI is InChI=1S/C15H15N2O.ClH/c16-17-15-8-4-7-13(10-15)14(11-18)9-12-5-2-1-3-6-12;/h1-8,10,14,18H,9,11H2;1H/q+1;/p-1. The Labute approximate surface area is 118 Å². The van der Waals surface area contributed by atoms with Gasteiger partial charge in [-0.2, -0.15) is 0 Å². The first-order valence-corrected chi connectivity index (χ1v) is 5.93. The van der Waals surface area contributed by atoms with Crippen LogP contribution in [0.3, 0.4) is 0 Å². The number of diazo groups is 1. The van der Waals surface area contributed by atoms with Gasteiger partial charge in [-0.1, -0.05) is 42.5 Å². The van der Waals surface area contributed by atoms with Crippen molar-refractivity contribution in [3.63, 3.8) is 0 Å². The zero-order chi connectivity index (χ0) is 12.8. The molecule has 1 N–H and O–H groups in total. The fourth-order valence-electron chi connectivity index (χ4n) is 2.03. The molecule has 0 saturated heterocycles. The maximum atomic E-state index is 9.51. The Morgan fingerprint density at radius 3 is 2.42 bits per heavy atom. The lowest BCUT2D eigenvalue weighted by atomic mass is 9.92. The summed E-state index contributed by atoms with van der Waals surface area (Å²) in [5, 5.41) is 18.3. The van der Waals surface area contributed by atoms with E-state index in [1.165, 1.54) is 5.56 Å². The minimum absolute atomic E-state index is 0. The van der Waals surface area contributed by atoms with E-state index < -0.39 is 0 Å². The van der Waals surface area contributed by atoms with Crippen molar-refractivity contribution < 1.29 is 17.5 Å². The van der Waals surface area contributed by atoms with Crippen LogP contribution in [0, 0.1) is 5.39 Å². The van der Waals surface area contributed by atoms with E-state index >= 15 is 0 Å². The topological polar surface area (TPSA) is 48.4 Å². The van der Waals surface area contributed by atoms with Crippen LogP contribution in [0.4, 0.5) is 5.69 Å². The molecule has 2 aromatic rings. The number of hydrogen-bond donors (Lipinski definition) is 1. The van der Waals surface area contributed by atoms with Gasteiger partial charge in [-0.05, 0) is 17.5 Å². The number of halogens is 1. The molecular formula is C15H15ClN2O. The minimum Gasteiger partial charge on any atom is -1.00 e. The highest BCUT2D eigenvalue weighted by atomic mass is 35.5. The van der Waals surface area contributed by atoms with Crippen molar-refractivity contribution >= 4 is 5.69 Å². The van der Waals surface area contributed by atoms with Crippen LogP contribution in [-0.4, -0.2) is 11.7 Å². The smallest absolute Gasteiger partial charge is 0.385 e. The van der Waals surface area contributed by atoms with E-state index in [1.54, 1.807) is 12.1 Å². The molecule has 0 heterocycles. The van der Waals surface area contributed by atoms with Gasteiger partial charge in [0, 0.05) is 18.1 Å². The van der Waals surface area contributed by atoms with Gasteiger partial charge in [0.1, 0.15) is 0 Å². The third-order valence-corrected chi connectivity index (χ3v) is 3.00. The molecule has 2 aromatic carbocycles. The molecule has 0 radical (unpaired) electrons. The van der Waals surface area contributed by atoms with E-state index in [-0.39, 0.29) is 24.9 Å². The Morgan fingerprint density at radius 2 is 1.79 bits per heavy atom. The summed E-state index contributed by atoms with van der Waals surface area (Å²) in [7, 11) is 0. The van der Waals surface area contributed by atoms with Crippen molar-refractivity contribution in [1.29, 1.82) is 5.39 Å². The molecule has 0 bridgehead atoms. The zero-order valence-electron chi connectivity index (χ0n) is 10.4. The van der Waals surface area contributed by atoms with Crippen molar-refractivity contribution in [2.45, 2.75) is 12.3 Å². The lowest BCUT2D eigenvalue weighted by Crippen LogP contribution is -3.00. The Kier molecular flexibility index (Phi) is 6.01. The van der Waals surface area contributed by atoms with Gasteiger partial charge in [-0.3, -0.25) is 0 Å². The van der Waals surface area contributed by atoms with Crippen molar-refractivity contribution in [1.82, 2.24) is 0 Å². The molecule has 19 heavy (non-hydrogen) atoms. The predicted octanol–water partition coefficient (Wildman–Crippen LogP) is 0.494. The molecule has 0 aliphatic rings. The van der Waals surface area contributed by atoms with Crippen molar-refractivity contribution in [3.05, 3.63) is 70.7 Å². The first-order valence-electron chi connectivity index (χ1n) is 5.93. The fourth-order valence-corrected chi connectivity index (χ4v) is 2.03. The lowest BCUT2D eigenvalue weighted by molar-refractivity contribution is -0.00000486. The van der Waals surface area contributed by atoms with E-state index in [4.69, 9.17) is 5.39 Å². The summed E-state index contributed by atoms with van der Waals surface area (Å²) >= 11 is 0. The molecular weight excluding hydrogens is 260 g/mol. The Bertz CT molecular complexity index is 552. The highest BCUT2D eigenvalue weighted by Crippen LogP contribution is 2.24. The van der Waals surface area contributed by atoms with E-state index in [0.717, 1.165) is 12.0 Å². The number of aliphatic hydroxyl groups is 1. The molecule has 2 rings (SSSR count). The first-order chi connectivity index (χ1) is 8.83. The van der Waals surface area contributed by atoms with Crippen LogP contribution in [-0.2, 0) is 6.42 Å².